The number of carbonyl (C=O) groups excluding carboxylic acids is 1. The van der Waals surface area contributed by atoms with Crippen LogP contribution in [0.3, 0.4) is 0 Å². The van der Waals surface area contributed by atoms with Gasteiger partial charge in [-0.2, -0.15) is 0 Å². The number of aromatic amines is 1. The predicted octanol–water partition coefficient (Wildman–Crippen LogP) is 5.09. The summed E-state index contributed by atoms with van der Waals surface area (Å²) in [6, 6.07) is 4.16. The van der Waals surface area contributed by atoms with Crippen molar-refractivity contribution in [3.05, 3.63) is 29.5 Å². The van der Waals surface area contributed by atoms with E-state index in [4.69, 9.17) is 4.74 Å². The zero-order chi connectivity index (χ0) is 16.8. The average Bonchev–Trinajstić information content (AvgIpc) is 2.93. The first-order valence-electron chi connectivity index (χ1n) is 8.35. The first-order chi connectivity index (χ1) is 10.8. The third kappa shape index (κ3) is 2.60. The maximum Gasteiger partial charge on any atom is 0.411 e. The molecule has 0 unspecified atom stereocenters. The SMILES string of the molecule is CCOC(=O)Nc1cc2c(c3[nH]ccc13)C(C)(C)CCC2(C)C. The number of rotatable bonds is 2. The largest absolute Gasteiger partial charge is 0.450 e. The van der Waals surface area contributed by atoms with E-state index >= 15 is 0 Å². The van der Waals surface area contributed by atoms with E-state index in [9.17, 15) is 4.79 Å². The fraction of sp³-hybridized carbons (Fsp3) is 0.526. The van der Waals surface area contributed by atoms with Crippen LogP contribution in [0, 0.1) is 0 Å². The first kappa shape index (κ1) is 15.9. The van der Waals surface area contributed by atoms with E-state index in [1.807, 2.05) is 19.2 Å². The number of hydrogen-bond donors (Lipinski definition) is 2. The quantitative estimate of drug-likeness (QED) is 0.811. The Morgan fingerprint density at radius 2 is 1.96 bits per heavy atom. The number of nitrogens with one attached hydrogen (secondary N) is 2. The van der Waals surface area contributed by atoms with Gasteiger partial charge in [-0.1, -0.05) is 27.7 Å². The van der Waals surface area contributed by atoms with Crippen LogP contribution in [0.4, 0.5) is 10.5 Å². The van der Waals surface area contributed by atoms with Crippen molar-refractivity contribution >= 4 is 22.7 Å². The molecule has 1 aliphatic carbocycles. The molecule has 0 saturated heterocycles. The van der Waals surface area contributed by atoms with Crippen LogP contribution in [0.25, 0.3) is 10.9 Å². The number of H-pyrrole nitrogens is 1. The summed E-state index contributed by atoms with van der Waals surface area (Å²) in [5.74, 6) is 0. The van der Waals surface area contributed by atoms with Gasteiger partial charge in [0.15, 0.2) is 0 Å². The molecule has 0 radical (unpaired) electrons. The number of anilines is 1. The monoisotopic (exact) mass is 314 g/mol. The molecule has 124 valence electrons. The van der Waals surface area contributed by atoms with Gasteiger partial charge in [0, 0.05) is 11.6 Å². The molecule has 1 aliphatic rings. The van der Waals surface area contributed by atoms with Crippen molar-refractivity contribution in [2.24, 2.45) is 0 Å². The standard InChI is InChI=1S/C19H26N2O2/c1-6-23-17(22)21-14-11-13-15(16-12(14)7-10-20-16)19(4,5)9-8-18(13,2)3/h7,10-11,20H,6,8-9H2,1-5H3,(H,21,22). The smallest absolute Gasteiger partial charge is 0.411 e. The summed E-state index contributed by atoms with van der Waals surface area (Å²) in [4.78, 5) is 15.3. The second kappa shape index (κ2) is 5.29. The maximum atomic E-state index is 11.9. The topological polar surface area (TPSA) is 54.1 Å². The highest BCUT2D eigenvalue weighted by atomic mass is 16.5. The van der Waals surface area contributed by atoms with E-state index in [0.717, 1.165) is 29.4 Å². The van der Waals surface area contributed by atoms with Crippen LogP contribution < -0.4 is 5.32 Å². The van der Waals surface area contributed by atoms with Crippen molar-refractivity contribution in [1.29, 1.82) is 0 Å². The highest BCUT2D eigenvalue weighted by Gasteiger charge is 2.39. The van der Waals surface area contributed by atoms with Crippen LogP contribution in [0.1, 0.15) is 58.6 Å². The first-order valence-corrected chi connectivity index (χ1v) is 8.35. The lowest BCUT2D eigenvalue weighted by atomic mass is 9.62. The van der Waals surface area contributed by atoms with Gasteiger partial charge in [0.1, 0.15) is 0 Å². The highest BCUT2D eigenvalue weighted by molar-refractivity contribution is 6.01. The molecule has 0 fully saturated rings. The Hall–Kier alpha value is -1.97. The highest BCUT2D eigenvalue weighted by Crippen LogP contribution is 2.49. The van der Waals surface area contributed by atoms with Gasteiger partial charge in [0.05, 0.1) is 17.8 Å². The lowest BCUT2D eigenvalue weighted by molar-refractivity contribution is 0.168. The van der Waals surface area contributed by atoms with E-state index in [-0.39, 0.29) is 10.8 Å². The fourth-order valence-electron chi connectivity index (χ4n) is 3.73. The van der Waals surface area contributed by atoms with Gasteiger partial charge in [0.2, 0.25) is 0 Å². The Balaban J connectivity index is 2.22. The van der Waals surface area contributed by atoms with Crippen molar-refractivity contribution in [1.82, 2.24) is 4.98 Å². The van der Waals surface area contributed by atoms with Crippen LogP contribution in [0.15, 0.2) is 18.3 Å². The lowest BCUT2D eigenvalue weighted by Crippen LogP contribution is -2.34. The summed E-state index contributed by atoms with van der Waals surface area (Å²) >= 11 is 0. The zero-order valence-corrected chi connectivity index (χ0v) is 14.7. The third-order valence-electron chi connectivity index (χ3n) is 5.14. The molecule has 1 aromatic heterocycles. The minimum absolute atomic E-state index is 0.0925. The van der Waals surface area contributed by atoms with E-state index in [1.54, 1.807) is 0 Å². The molecule has 2 aromatic rings. The second-order valence-electron chi connectivity index (χ2n) is 7.73. The number of carbonyl (C=O) groups is 1. The summed E-state index contributed by atoms with van der Waals surface area (Å²) in [5.41, 5.74) is 4.86. The third-order valence-corrected chi connectivity index (χ3v) is 5.14. The maximum absolute atomic E-state index is 11.9. The molecule has 1 heterocycles. The Morgan fingerprint density at radius 3 is 2.65 bits per heavy atom. The molecule has 0 aliphatic heterocycles. The van der Waals surface area contributed by atoms with E-state index < -0.39 is 6.09 Å². The molecule has 0 spiro atoms. The molecule has 4 heteroatoms. The minimum atomic E-state index is -0.400. The van der Waals surface area contributed by atoms with Gasteiger partial charge in [-0.15, -0.1) is 0 Å². The molecule has 1 amide bonds. The van der Waals surface area contributed by atoms with Crippen LogP contribution in [0.5, 0.6) is 0 Å². The van der Waals surface area contributed by atoms with Gasteiger partial charge in [-0.3, -0.25) is 5.32 Å². The molecule has 0 saturated carbocycles. The number of aromatic nitrogens is 1. The average molecular weight is 314 g/mol. The van der Waals surface area contributed by atoms with Crippen molar-refractivity contribution in [2.75, 3.05) is 11.9 Å². The number of ether oxygens (including phenoxy) is 1. The number of benzene rings is 1. The molecule has 2 N–H and O–H groups in total. The number of hydrogen-bond acceptors (Lipinski definition) is 2. The van der Waals surface area contributed by atoms with Crippen molar-refractivity contribution in [3.63, 3.8) is 0 Å². The van der Waals surface area contributed by atoms with E-state index in [0.29, 0.717) is 6.61 Å². The van der Waals surface area contributed by atoms with Crippen LogP contribution in [0.2, 0.25) is 0 Å². The minimum Gasteiger partial charge on any atom is -0.450 e. The lowest BCUT2D eigenvalue weighted by Gasteiger charge is -2.42. The van der Waals surface area contributed by atoms with Gasteiger partial charge in [-0.05, 0) is 53.9 Å². The summed E-state index contributed by atoms with van der Waals surface area (Å²) < 4.78 is 5.05. The molecular weight excluding hydrogens is 288 g/mol. The van der Waals surface area contributed by atoms with E-state index in [1.165, 1.54) is 11.1 Å². The van der Waals surface area contributed by atoms with Gasteiger partial charge in [0.25, 0.3) is 0 Å². The Bertz CT molecular complexity index is 756. The molecule has 3 rings (SSSR count). The molecule has 0 atom stereocenters. The number of fused-ring (bicyclic) bond motifs is 3. The van der Waals surface area contributed by atoms with Gasteiger partial charge >= 0.3 is 6.09 Å². The second-order valence-corrected chi connectivity index (χ2v) is 7.73. The van der Waals surface area contributed by atoms with Crippen molar-refractivity contribution < 1.29 is 9.53 Å². The fourth-order valence-corrected chi connectivity index (χ4v) is 3.73. The zero-order valence-electron chi connectivity index (χ0n) is 14.7. The Labute approximate surface area is 137 Å². The Morgan fingerprint density at radius 1 is 1.26 bits per heavy atom. The molecule has 1 aromatic carbocycles. The predicted molar refractivity (Wildman–Crippen MR) is 94.2 cm³/mol. The molecule has 23 heavy (non-hydrogen) atoms. The van der Waals surface area contributed by atoms with Crippen molar-refractivity contribution in [2.45, 2.75) is 58.3 Å². The van der Waals surface area contributed by atoms with Crippen LogP contribution in [-0.2, 0) is 15.6 Å². The van der Waals surface area contributed by atoms with Gasteiger partial charge in [-0.25, -0.2) is 4.79 Å². The summed E-state index contributed by atoms with van der Waals surface area (Å²) in [6.45, 7) is 11.4. The summed E-state index contributed by atoms with van der Waals surface area (Å²) in [5, 5.41) is 3.95. The van der Waals surface area contributed by atoms with Crippen LogP contribution in [-0.4, -0.2) is 17.7 Å². The number of amides is 1. The van der Waals surface area contributed by atoms with Gasteiger partial charge < -0.3 is 9.72 Å². The summed E-state index contributed by atoms with van der Waals surface area (Å²) in [6.07, 6.45) is 3.84. The normalized spacial score (nSPS) is 18.5. The Kier molecular flexibility index (Phi) is 3.66. The molecule has 4 nitrogen and oxygen atoms in total. The van der Waals surface area contributed by atoms with Crippen molar-refractivity contribution in [3.8, 4) is 0 Å². The van der Waals surface area contributed by atoms with Crippen LogP contribution >= 0.6 is 0 Å². The van der Waals surface area contributed by atoms with E-state index in [2.05, 4.69) is 44.1 Å². The molecular formula is C19H26N2O2. The molecule has 0 bridgehead atoms. The summed E-state index contributed by atoms with van der Waals surface area (Å²) in [7, 11) is 0.